The van der Waals surface area contributed by atoms with Gasteiger partial charge >= 0.3 is 6.18 Å². The maximum Gasteiger partial charge on any atom is 0.416 e. The summed E-state index contributed by atoms with van der Waals surface area (Å²) in [6.07, 6.45) is -1.91. The SMILES string of the molecule is Cc1nnc(CO)n1C1(Cl)C=CC(C(F)(F)F)=CC1C(=O)c1ccccc1. The Kier molecular flexibility index (Phi) is 4.96. The van der Waals surface area contributed by atoms with Crippen LogP contribution in [0, 0.1) is 12.8 Å². The van der Waals surface area contributed by atoms with E-state index in [2.05, 4.69) is 10.2 Å². The number of ketones is 1. The van der Waals surface area contributed by atoms with Gasteiger partial charge in [0.15, 0.2) is 16.6 Å². The van der Waals surface area contributed by atoms with Crippen LogP contribution in [0.5, 0.6) is 0 Å². The fourth-order valence-corrected chi connectivity index (χ4v) is 3.51. The molecule has 0 spiro atoms. The normalized spacial score (nSPS) is 22.6. The molecule has 2 atom stereocenters. The van der Waals surface area contributed by atoms with Crippen molar-refractivity contribution in [2.75, 3.05) is 0 Å². The van der Waals surface area contributed by atoms with Crippen molar-refractivity contribution >= 4 is 17.4 Å². The first-order valence-corrected chi connectivity index (χ1v) is 8.35. The smallest absolute Gasteiger partial charge is 0.388 e. The zero-order valence-electron chi connectivity index (χ0n) is 14.1. The van der Waals surface area contributed by atoms with E-state index in [4.69, 9.17) is 11.6 Å². The third-order valence-electron chi connectivity index (χ3n) is 4.32. The van der Waals surface area contributed by atoms with Crippen LogP contribution in [0.1, 0.15) is 22.0 Å². The van der Waals surface area contributed by atoms with E-state index in [1.807, 2.05) is 0 Å². The standard InChI is InChI=1S/C18H15ClF3N3O2/c1-11-23-24-15(10-26)25(11)17(19)8-7-13(18(20,21)22)9-14(17)16(27)12-5-3-2-4-6-12/h2-9,14,26H,10H2,1H3. The van der Waals surface area contributed by atoms with Gasteiger partial charge in [0.25, 0.3) is 0 Å². The number of aryl methyl sites for hydroxylation is 1. The van der Waals surface area contributed by atoms with Crippen LogP contribution >= 0.6 is 11.6 Å². The summed E-state index contributed by atoms with van der Waals surface area (Å²) in [7, 11) is 0. The Morgan fingerprint density at radius 3 is 2.56 bits per heavy atom. The van der Waals surface area contributed by atoms with Gasteiger partial charge in [-0.3, -0.25) is 9.36 Å². The van der Waals surface area contributed by atoms with E-state index in [0.29, 0.717) is 0 Å². The maximum absolute atomic E-state index is 13.3. The molecule has 3 rings (SSSR count). The molecular formula is C18H15ClF3N3O2. The Morgan fingerprint density at radius 1 is 1.30 bits per heavy atom. The fourth-order valence-electron chi connectivity index (χ4n) is 3.06. The first-order chi connectivity index (χ1) is 12.7. The van der Waals surface area contributed by atoms with Gasteiger partial charge in [-0.1, -0.05) is 54.1 Å². The lowest BCUT2D eigenvalue weighted by Gasteiger charge is -2.36. The van der Waals surface area contributed by atoms with Crippen molar-refractivity contribution in [1.29, 1.82) is 0 Å². The van der Waals surface area contributed by atoms with Gasteiger partial charge in [-0.25, -0.2) is 0 Å². The molecule has 1 heterocycles. The number of carbonyl (C=O) groups excluding carboxylic acids is 1. The van der Waals surface area contributed by atoms with E-state index in [9.17, 15) is 23.1 Å². The molecule has 27 heavy (non-hydrogen) atoms. The molecule has 9 heteroatoms. The molecule has 1 N–H and O–H groups in total. The molecule has 1 aliphatic rings. The lowest BCUT2D eigenvalue weighted by atomic mass is 9.84. The number of aromatic nitrogens is 3. The molecule has 0 saturated carbocycles. The van der Waals surface area contributed by atoms with Crippen LogP contribution < -0.4 is 0 Å². The molecule has 0 radical (unpaired) electrons. The Hall–Kier alpha value is -2.45. The Balaban J connectivity index is 2.18. The predicted molar refractivity (Wildman–Crippen MR) is 92.0 cm³/mol. The average molecular weight is 398 g/mol. The van der Waals surface area contributed by atoms with Crippen molar-refractivity contribution in [3.63, 3.8) is 0 Å². The molecule has 1 aromatic heterocycles. The van der Waals surface area contributed by atoms with Crippen LogP contribution in [0.2, 0.25) is 0 Å². The van der Waals surface area contributed by atoms with Crippen molar-refractivity contribution in [2.45, 2.75) is 24.7 Å². The fraction of sp³-hybridized carbons (Fsp3) is 0.278. The lowest BCUT2D eigenvalue weighted by molar-refractivity contribution is -0.0890. The summed E-state index contributed by atoms with van der Waals surface area (Å²) in [5.41, 5.74) is -0.749. The number of aliphatic hydroxyl groups is 1. The van der Waals surface area contributed by atoms with Crippen molar-refractivity contribution in [2.24, 2.45) is 5.92 Å². The molecule has 1 aliphatic carbocycles. The molecule has 0 aliphatic heterocycles. The van der Waals surface area contributed by atoms with Crippen molar-refractivity contribution in [1.82, 2.24) is 14.8 Å². The van der Waals surface area contributed by atoms with E-state index < -0.39 is 35.1 Å². The van der Waals surface area contributed by atoms with Gasteiger partial charge < -0.3 is 5.11 Å². The highest BCUT2D eigenvalue weighted by atomic mass is 35.5. The number of carbonyl (C=O) groups is 1. The van der Waals surface area contributed by atoms with Gasteiger partial charge in [0.05, 0.1) is 11.5 Å². The van der Waals surface area contributed by atoms with Crippen LogP contribution in [0.25, 0.3) is 0 Å². The summed E-state index contributed by atoms with van der Waals surface area (Å²) in [4.78, 5) is 11.3. The van der Waals surface area contributed by atoms with Crippen LogP contribution in [-0.2, 0) is 11.6 Å². The van der Waals surface area contributed by atoms with E-state index in [1.165, 1.54) is 23.6 Å². The third kappa shape index (κ3) is 3.42. The van der Waals surface area contributed by atoms with E-state index in [1.54, 1.807) is 18.2 Å². The number of hydrogen-bond acceptors (Lipinski definition) is 4. The number of benzene rings is 1. The highest BCUT2D eigenvalue weighted by Crippen LogP contribution is 2.44. The summed E-state index contributed by atoms with van der Waals surface area (Å²) in [5, 5.41) is 17.1. The van der Waals surface area contributed by atoms with Crippen molar-refractivity contribution in [3.05, 3.63) is 71.3 Å². The molecule has 142 valence electrons. The zero-order valence-corrected chi connectivity index (χ0v) is 14.9. The minimum absolute atomic E-state index is 0.0434. The van der Waals surface area contributed by atoms with Crippen LogP contribution in [-0.4, -0.2) is 31.8 Å². The number of Topliss-reactive ketones (excluding diaryl/α,β-unsaturated/α-hetero) is 1. The second-order valence-electron chi connectivity index (χ2n) is 6.05. The first kappa shape index (κ1) is 19.3. The molecule has 0 bridgehead atoms. The largest absolute Gasteiger partial charge is 0.416 e. The Labute approximate surface area is 157 Å². The maximum atomic E-state index is 13.3. The highest BCUT2D eigenvalue weighted by molar-refractivity contribution is 6.26. The number of hydrogen-bond donors (Lipinski definition) is 1. The summed E-state index contributed by atoms with van der Waals surface area (Å²) in [6, 6.07) is 7.92. The number of nitrogens with zero attached hydrogens (tertiary/aromatic N) is 3. The summed E-state index contributed by atoms with van der Waals surface area (Å²) < 4.78 is 41.0. The molecule has 0 amide bonds. The molecule has 2 aromatic rings. The van der Waals surface area contributed by atoms with Gasteiger partial charge in [-0.05, 0) is 13.0 Å². The van der Waals surface area contributed by atoms with Crippen LogP contribution in [0.3, 0.4) is 0 Å². The van der Waals surface area contributed by atoms with E-state index in [0.717, 1.165) is 18.2 Å². The van der Waals surface area contributed by atoms with Gasteiger partial charge in [-0.2, -0.15) is 13.2 Å². The zero-order chi connectivity index (χ0) is 19.8. The summed E-state index contributed by atoms with van der Waals surface area (Å²) in [5.74, 6) is -1.67. The van der Waals surface area contributed by atoms with Gasteiger partial charge in [0, 0.05) is 5.56 Å². The first-order valence-electron chi connectivity index (χ1n) is 7.97. The highest BCUT2D eigenvalue weighted by Gasteiger charge is 2.47. The molecule has 0 fully saturated rings. The monoisotopic (exact) mass is 397 g/mol. The van der Waals surface area contributed by atoms with Gasteiger partial charge in [0.1, 0.15) is 12.4 Å². The number of halogens is 4. The molecule has 5 nitrogen and oxygen atoms in total. The average Bonchev–Trinajstić information content (AvgIpc) is 3.02. The second kappa shape index (κ2) is 6.94. The number of allylic oxidation sites excluding steroid dienone is 4. The lowest BCUT2D eigenvalue weighted by Crippen LogP contribution is -2.42. The van der Waals surface area contributed by atoms with Gasteiger partial charge in [-0.15, -0.1) is 10.2 Å². The topological polar surface area (TPSA) is 68.0 Å². The summed E-state index contributed by atoms with van der Waals surface area (Å²) >= 11 is 6.71. The third-order valence-corrected chi connectivity index (χ3v) is 4.85. The van der Waals surface area contributed by atoms with Crippen LogP contribution in [0.4, 0.5) is 13.2 Å². The quantitative estimate of drug-likeness (QED) is 0.633. The Bertz CT molecular complexity index is 922. The Morgan fingerprint density at radius 2 is 1.96 bits per heavy atom. The predicted octanol–water partition coefficient (Wildman–Crippen LogP) is 3.53. The molecular weight excluding hydrogens is 383 g/mol. The minimum atomic E-state index is -4.63. The number of aliphatic hydroxyl groups excluding tert-OH is 1. The van der Waals surface area contributed by atoms with Crippen molar-refractivity contribution in [3.8, 4) is 0 Å². The van der Waals surface area contributed by atoms with E-state index in [-0.39, 0.29) is 17.2 Å². The molecule has 0 saturated heterocycles. The minimum Gasteiger partial charge on any atom is -0.388 e. The van der Waals surface area contributed by atoms with Crippen LogP contribution in [0.15, 0.2) is 54.1 Å². The number of alkyl halides is 4. The van der Waals surface area contributed by atoms with Gasteiger partial charge in [0.2, 0.25) is 0 Å². The second-order valence-corrected chi connectivity index (χ2v) is 6.65. The summed E-state index contributed by atoms with van der Waals surface area (Å²) in [6.45, 7) is 1.00. The number of rotatable bonds is 4. The molecule has 2 unspecified atom stereocenters. The van der Waals surface area contributed by atoms with E-state index >= 15 is 0 Å². The van der Waals surface area contributed by atoms with Crippen molar-refractivity contribution < 1.29 is 23.1 Å². The molecule has 1 aromatic carbocycles.